The molecule has 23 heavy (non-hydrogen) atoms. The summed E-state index contributed by atoms with van der Waals surface area (Å²) in [7, 11) is 0. The van der Waals surface area contributed by atoms with Crippen molar-refractivity contribution in [2.75, 3.05) is 6.61 Å². The van der Waals surface area contributed by atoms with Gasteiger partial charge in [-0.05, 0) is 37.3 Å². The fraction of sp³-hybridized carbons (Fsp3) is 0.125. The van der Waals surface area contributed by atoms with Crippen LogP contribution in [0.2, 0.25) is 5.15 Å². The Morgan fingerprint density at radius 2 is 2.09 bits per heavy atom. The van der Waals surface area contributed by atoms with Gasteiger partial charge >= 0.3 is 5.97 Å². The summed E-state index contributed by atoms with van der Waals surface area (Å²) in [5.41, 5.74) is 0.645. The quantitative estimate of drug-likeness (QED) is 0.396. The maximum Gasteiger partial charge on any atom is 0.336 e. The smallest absolute Gasteiger partial charge is 0.336 e. The van der Waals surface area contributed by atoms with Crippen molar-refractivity contribution >= 4 is 39.9 Å². The second-order valence-corrected chi connectivity index (χ2v) is 5.73. The Labute approximate surface area is 141 Å². The third-order valence-corrected chi connectivity index (χ3v) is 4.02. The number of hydrogen-bond acceptors (Lipinski definition) is 5. The fourth-order valence-electron chi connectivity index (χ4n) is 1.99. The molecule has 0 N–H and O–H groups in total. The molecular weight excluding hydrogens is 336 g/mol. The molecule has 2 aromatic heterocycles. The van der Waals surface area contributed by atoms with Crippen molar-refractivity contribution in [3.63, 3.8) is 0 Å². The van der Waals surface area contributed by atoms with E-state index in [0.29, 0.717) is 23.2 Å². The third kappa shape index (κ3) is 3.55. The number of thiazole rings is 1. The van der Waals surface area contributed by atoms with Gasteiger partial charge in [-0.25, -0.2) is 9.78 Å². The average Bonchev–Trinajstić information content (AvgIpc) is 3.08. The first kappa shape index (κ1) is 15.6. The molecule has 118 valence electrons. The highest BCUT2D eigenvalue weighted by Gasteiger charge is 2.09. The predicted octanol–water partition coefficient (Wildman–Crippen LogP) is 4.07. The minimum absolute atomic E-state index is 0.349. The van der Waals surface area contributed by atoms with Gasteiger partial charge in [0, 0.05) is 17.7 Å². The first-order chi connectivity index (χ1) is 11.2. The zero-order valence-electron chi connectivity index (χ0n) is 12.2. The summed E-state index contributed by atoms with van der Waals surface area (Å²) in [6.45, 7) is 2.50. The van der Waals surface area contributed by atoms with Crippen LogP contribution in [0.3, 0.4) is 0 Å². The van der Waals surface area contributed by atoms with Crippen LogP contribution in [-0.2, 0) is 4.79 Å². The van der Waals surface area contributed by atoms with Crippen LogP contribution in [0, 0.1) is 0 Å². The van der Waals surface area contributed by atoms with E-state index in [4.69, 9.17) is 21.1 Å². The number of fused-ring (bicyclic) bond motifs is 1. The first-order valence-corrected chi connectivity index (χ1v) is 8.17. The molecule has 3 aromatic rings. The van der Waals surface area contributed by atoms with Crippen LogP contribution < -0.4 is 9.47 Å². The van der Waals surface area contributed by atoms with E-state index in [-0.39, 0.29) is 0 Å². The zero-order valence-corrected chi connectivity index (χ0v) is 13.8. The van der Waals surface area contributed by atoms with Crippen molar-refractivity contribution in [2.24, 2.45) is 0 Å². The number of ether oxygens (including phenoxy) is 2. The highest BCUT2D eigenvalue weighted by Crippen LogP contribution is 2.22. The molecule has 1 aromatic carbocycles. The highest BCUT2D eigenvalue weighted by molar-refractivity contribution is 7.15. The second kappa shape index (κ2) is 6.85. The lowest BCUT2D eigenvalue weighted by Gasteiger charge is -2.04. The van der Waals surface area contributed by atoms with Crippen LogP contribution in [0.1, 0.15) is 12.6 Å². The van der Waals surface area contributed by atoms with E-state index >= 15 is 0 Å². The summed E-state index contributed by atoms with van der Waals surface area (Å²) in [6, 6.07) is 6.86. The number of esters is 1. The number of halogens is 1. The Balaban J connectivity index is 1.69. The molecule has 0 bridgehead atoms. The number of hydrogen-bond donors (Lipinski definition) is 0. The molecule has 2 heterocycles. The SMILES string of the molecule is CCOc1ccc(OC(=O)/C=C/c2c(Cl)nc3sccn23)cc1. The van der Waals surface area contributed by atoms with E-state index in [0.717, 1.165) is 10.7 Å². The van der Waals surface area contributed by atoms with Crippen molar-refractivity contribution in [3.05, 3.63) is 52.8 Å². The van der Waals surface area contributed by atoms with Gasteiger partial charge < -0.3 is 9.47 Å². The number of imidazole rings is 1. The van der Waals surface area contributed by atoms with Gasteiger partial charge in [-0.3, -0.25) is 4.40 Å². The lowest BCUT2D eigenvalue weighted by atomic mass is 10.3. The van der Waals surface area contributed by atoms with Gasteiger partial charge in [-0.1, -0.05) is 11.6 Å². The van der Waals surface area contributed by atoms with Crippen LogP contribution in [0.5, 0.6) is 11.5 Å². The number of nitrogens with zero attached hydrogens (tertiary/aromatic N) is 2. The number of rotatable bonds is 5. The van der Waals surface area contributed by atoms with Gasteiger partial charge in [0.05, 0.1) is 12.3 Å². The average molecular weight is 349 g/mol. The van der Waals surface area contributed by atoms with Crippen LogP contribution in [0.25, 0.3) is 11.0 Å². The summed E-state index contributed by atoms with van der Waals surface area (Å²) in [6.07, 6.45) is 4.76. The molecule has 0 aliphatic rings. The van der Waals surface area contributed by atoms with E-state index in [1.54, 1.807) is 30.3 Å². The predicted molar refractivity (Wildman–Crippen MR) is 90.4 cm³/mol. The molecule has 0 saturated heterocycles. The van der Waals surface area contributed by atoms with Crippen LogP contribution in [0.15, 0.2) is 41.9 Å². The number of aromatic nitrogens is 2. The minimum Gasteiger partial charge on any atom is -0.494 e. The molecule has 0 saturated carbocycles. The van der Waals surface area contributed by atoms with E-state index in [9.17, 15) is 4.79 Å². The van der Waals surface area contributed by atoms with Crippen molar-refractivity contribution in [1.82, 2.24) is 9.38 Å². The van der Waals surface area contributed by atoms with Crippen molar-refractivity contribution in [1.29, 1.82) is 0 Å². The normalized spacial score (nSPS) is 11.2. The van der Waals surface area contributed by atoms with Crippen LogP contribution in [0.4, 0.5) is 0 Å². The second-order valence-electron chi connectivity index (χ2n) is 4.50. The fourth-order valence-corrected chi connectivity index (χ4v) is 3.00. The molecule has 0 aliphatic carbocycles. The molecule has 0 spiro atoms. The van der Waals surface area contributed by atoms with E-state index in [2.05, 4.69) is 4.98 Å². The molecule has 0 aliphatic heterocycles. The number of benzene rings is 1. The Morgan fingerprint density at radius 3 is 2.83 bits per heavy atom. The van der Waals surface area contributed by atoms with Gasteiger partial charge in [-0.2, -0.15) is 0 Å². The van der Waals surface area contributed by atoms with E-state index < -0.39 is 5.97 Å². The molecule has 0 radical (unpaired) electrons. The number of carbonyl (C=O) groups is 1. The molecule has 0 unspecified atom stereocenters. The minimum atomic E-state index is -0.490. The van der Waals surface area contributed by atoms with Gasteiger partial charge in [0.1, 0.15) is 11.5 Å². The summed E-state index contributed by atoms with van der Waals surface area (Å²) in [5, 5.41) is 2.25. The maximum absolute atomic E-state index is 11.9. The van der Waals surface area contributed by atoms with Gasteiger partial charge in [0.2, 0.25) is 0 Å². The molecule has 0 fully saturated rings. The van der Waals surface area contributed by atoms with Crippen molar-refractivity contribution in [2.45, 2.75) is 6.92 Å². The molecular formula is C16H13ClN2O3S. The van der Waals surface area contributed by atoms with Gasteiger partial charge in [-0.15, -0.1) is 11.3 Å². The Hall–Kier alpha value is -2.31. The van der Waals surface area contributed by atoms with Crippen molar-refractivity contribution < 1.29 is 14.3 Å². The Bertz CT molecular complexity index is 852. The first-order valence-electron chi connectivity index (χ1n) is 6.91. The monoisotopic (exact) mass is 348 g/mol. The van der Waals surface area contributed by atoms with Crippen LogP contribution in [-0.4, -0.2) is 22.0 Å². The lowest BCUT2D eigenvalue weighted by Crippen LogP contribution is -2.03. The molecule has 0 atom stereocenters. The van der Waals surface area contributed by atoms with Gasteiger partial charge in [0.15, 0.2) is 10.1 Å². The summed E-state index contributed by atoms with van der Waals surface area (Å²) in [4.78, 5) is 16.9. The summed E-state index contributed by atoms with van der Waals surface area (Å²) in [5.74, 6) is 0.687. The summed E-state index contributed by atoms with van der Waals surface area (Å²) < 4.78 is 12.4. The van der Waals surface area contributed by atoms with Crippen molar-refractivity contribution in [3.8, 4) is 11.5 Å². The molecule has 0 amide bonds. The number of carbonyl (C=O) groups excluding carboxylic acids is 1. The Kier molecular flexibility index (Phi) is 4.64. The summed E-state index contributed by atoms with van der Waals surface area (Å²) >= 11 is 7.53. The highest BCUT2D eigenvalue weighted by atomic mass is 35.5. The van der Waals surface area contributed by atoms with E-state index in [1.807, 2.05) is 22.9 Å². The molecule has 7 heteroatoms. The zero-order chi connectivity index (χ0) is 16.2. The molecule has 3 rings (SSSR count). The largest absolute Gasteiger partial charge is 0.494 e. The topological polar surface area (TPSA) is 52.8 Å². The molecule has 5 nitrogen and oxygen atoms in total. The standard InChI is InChI=1S/C16H13ClN2O3S/c1-2-21-11-3-5-12(6-4-11)22-14(20)8-7-13-15(17)18-16-19(13)9-10-23-16/h3-10H,2H2,1H3/b8-7+. The van der Waals surface area contributed by atoms with Gasteiger partial charge in [0.25, 0.3) is 0 Å². The van der Waals surface area contributed by atoms with Crippen LogP contribution >= 0.6 is 22.9 Å². The Morgan fingerprint density at radius 1 is 1.35 bits per heavy atom. The third-order valence-electron chi connectivity index (χ3n) is 2.98. The van der Waals surface area contributed by atoms with E-state index in [1.165, 1.54) is 17.4 Å². The lowest BCUT2D eigenvalue weighted by molar-refractivity contribution is -0.128. The maximum atomic E-state index is 11.9.